The Kier molecular flexibility index (Phi) is 4.53. The van der Waals surface area contributed by atoms with Gasteiger partial charge in [-0.25, -0.2) is 9.59 Å². The predicted molar refractivity (Wildman–Crippen MR) is 65.6 cm³/mol. The van der Waals surface area contributed by atoms with Crippen molar-refractivity contribution in [3.8, 4) is 0 Å². The van der Waals surface area contributed by atoms with Crippen LogP contribution in [0.5, 0.6) is 0 Å². The third-order valence-electron chi connectivity index (χ3n) is 2.05. The summed E-state index contributed by atoms with van der Waals surface area (Å²) in [6.07, 6.45) is -0.700. The number of carbonyl (C=O) groups excluding carboxylic acids is 2. The van der Waals surface area contributed by atoms with Crippen molar-refractivity contribution in [2.75, 3.05) is 18.5 Å². The summed E-state index contributed by atoms with van der Waals surface area (Å²) >= 11 is 0. The van der Waals surface area contributed by atoms with Gasteiger partial charge in [-0.2, -0.15) is 0 Å². The van der Waals surface area contributed by atoms with Crippen LogP contribution in [0.3, 0.4) is 0 Å². The molecule has 1 N–H and O–H groups in total. The van der Waals surface area contributed by atoms with Gasteiger partial charge in [-0.3, -0.25) is 5.32 Å². The molecule has 18 heavy (non-hydrogen) atoms. The number of hydrogen-bond donors (Lipinski definition) is 1. The summed E-state index contributed by atoms with van der Waals surface area (Å²) in [6, 6.07) is 0. The van der Waals surface area contributed by atoms with Crippen LogP contribution < -0.4 is 16.0 Å². The molecule has 1 rings (SSSR count). The van der Waals surface area contributed by atoms with Gasteiger partial charge >= 0.3 is 12.1 Å². The SMILES string of the molecule is C=c1oc(C(=O)OCC)c(NC(=O)OCC)c1=C. The fourth-order valence-corrected chi connectivity index (χ4v) is 1.25. The highest BCUT2D eigenvalue weighted by molar-refractivity contribution is 5.97. The molecular formula is C12H15NO5. The van der Waals surface area contributed by atoms with Crippen molar-refractivity contribution < 1.29 is 23.5 Å². The molecule has 0 aromatic carbocycles. The Morgan fingerprint density at radius 1 is 1.22 bits per heavy atom. The summed E-state index contributed by atoms with van der Waals surface area (Å²) in [7, 11) is 0. The van der Waals surface area contributed by atoms with E-state index in [9.17, 15) is 9.59 Å². The molecular weight excluding hydrogens is 238 g/mol. The molecule has 1 aromatic rings. The Bertz CT molecular complexity index is 546. The molecule has 1 heterocycles. The first-order valence-electron chi connectivity index (χ1n) is 5.42. The summed E-state index contributed by atoms with van der Waals surface area (Å²) in [5, 5.41) is 2.69. The van der Waals surface area contributed by atoms with E-state index in [2.05, 4.69) is 18.5 Å². The second-order valence-electron chi connectivity index (χ2n) is 3.27. The van der Waals surface area contributed by atoms with Crippen molar-refractivity contribution in [3.05, 3.63) is 16.4 Å². The van der Waals surface area contributed by atoms with E-state index in [0.717, 1.165) is 0 Å². The van der Waals surface area contributed by atoms with Gasteiger partial charge in [0.1, 0.15) is 11.1 Å². The van der Waals surface area contributed by atoms with Gasteiger partial charge in [-0.15, -0.1) is 0 Å². The maximum absolute atomic E-state index is 11.6. The molecule has 0 bridgehead atoms. The Hall–Kier alpha value is -2.24. The molecule has 1 aromatic heterocycles. The number of carbonyl (C=O) groups is 2. The third-order valence-corrected chi connectivity index (χ3v) is 2.05. The zero-order valence-corrected chi connectivity index (χ0v) is 10.4. The van der Waals surface area contributed by atoms with Gasteiger partial charge < -0.3 is 13.9 Å². The molecule has 0 fully saturated rings. The Balaban J connectivity index is 3.09. The first-order chi connectivity index (χ1) is 8.51. The molecule has 0 radical (unpaired) electrons. The van der Waals surface area contributed by atoms with Gasteiger partial charge in [0.2, 0.25) is 5.76 Å². The summed E-state index contributed by atoms with van der Waals surface area (Å²) < 4.78 is 14.6. The van der Waals surface area contributed by atoms with E-state index < -0.39 is 12.1 Å². The number of rotatable bonds is 4. The second-order valence-corrected chi connectivity index (χ2v) is 3.27. The predicted octanol–water partition coefficient (Wildman–Crippen LogP) is 0.845. The van der Waals surface area contributed by atoms with Crippen molar-refractivity contribution in [3.63, 3.8) is 0 Å². The van der Waals surface area contributed by atoms with Crippen LogP contribution in [-0.4, -0.2) is 25.3 Å². The Labute approximate surface area is 104 Å². The lowest BCUT2D eigenvalue weighted by Crippen LogP contribution is -2.24. The number of hydrogen-bond acceptors (Lipinski definition) is 5. The van der Waals surface area contributed by atoms with Crippen LogP contribution in [0.4, 0.5) is 10.5 Å². The van der Waals surface area contributed by atoms with Crippen LogP contribution in [0, 0.1) is 0 Å². The van der Waals surface area contributed by atoms with Gasteiger partial charge in [0.15, 0.2) is 0 Å². The van der Waals surface area contributed by atoms with Gasteiger partial charge in [-0.05, 0) is 13.8 Å². The van der Waals surface area contributed by atoms with Gasteiger partial charge in [0.25, 0.3) is 0 Å². The molecule has 98 valence electrons. The lowest BCUT2D eigenvalue weighted by atomic mass is 10.3. The maximum atomic E-state index is 11.6. The van der Waals surface area contributed by atoms with Crippen molar-refractivity contribution >= 4 is 30.9 Å². The number of anilines is 1. The molecule has 6 heteroatoms. The highest BCUT2D eigenvalue weighted by Gasteiger charge is 2.21. The van der Waals surface area contributed by atoms with Crippen LogP contribution >= 0.6 is 0 Å². The number of furan rings is 1. The molecule has 1 amide bonds. The fourth-order valence-electron chi connectivity index (χ4n) is 1.25. The lowest BCUT2D eigenvalue weighted by Gasteiger charge is -2.05. The average molecular weight is 253 g/mol. The van der Waals surface area contributed by atoms with Gasteiger partial charge in [0.05, 0.1) is 13.2 Å². The average Bonchev–Trinajstić information content (AvgIpc) is 2.58. The topological polar surface area (TPSA) is 77.8 Å². The van der Waals surface area contributed by atoms with Crippen LogP contribution in [0.2, 0.25) is 0 Å². The smallest absolute Gasteiger partial charge is 0.411 e. The largest absolute Gasteiger partial charge is 0.460 e. The monoisotopic (exact) mass is 253 g/mol. The zero-order chi connectivity index (χ0) is 13.7. The summed E-state index contributed by atoms with van der Waals surface area (Å²) in [6.45, 7) is 11.0. The summed E-state index contributed by atoms with van der Waals surface area (Å²) in [5.74, 6) is -0.830. The first-order valence-corrected chi connectivity index (χ1v) is 5.42. The van der Waals surface area contributed by atoms with Crippen molar-refractivity contribution in [2.24, 2.45) is 0 Å². The van der Waals surface area contributed by atoms with E-state index in [-0.39, 0.29) is 30.1 Å². The minimum atomic E-state index is -0.700. The Morgan fingerprint density at radius 2 is 1.83 bits per heavy atom. The minimum absolute atomic E-state index is 0.122. The molecule has 0 saturated carbocycles. The number of nitrogens with one attached hydrogen (secondary N) is 1. The molecule has 0 aliphatic carbocycles. The minimum Gasteiger partial charge on any atom is -0.460 e. The maximum Gasteiger partial charge on any atom is 0.411 e. The zero-order valence-electron chi connectivity index (χ0n) is 10.4. The molecule has 6 nitrogen and oxygen atoms in total. The highest BCUT2D eigenvalue weighted by Crippen LogP contribution is 2.10. The third kappa shape index (κ3) is 2.91. The molecule has 0 spiro atoms. The second kappa shape index (κ2) is 5.90. The molecule has 0 unspecified atom stereocenters. The van der Waals surface area contributed by atoms with Crippen LogP contribution in [0.1, 0.15) is 24.4 Å². The lowest BCUT2D eigenvalue weighted by molar-refractivity contribution is 0.0490. The van der Waals surface area contributed by atoms with E-state index in [1.165, 1.54) is 0 Å². The fraction of sp³-hybridized carbons (Fsp3) is 0.333. The molecule has 0 atom stereocenters. The summed E-state index contributed by atoms with van der Waals surface area (Å²) in [4.78, 5) is 22.9. The number of esters is 1. The van der Waals surface area contributed by atoms with E-state index in [1.54, 1.807) is 13.8 Å². The van der Waals surface area contributed by atoms with Gasteiger partial charge in [0, 0.05) is 5.22 Å². The first kappa shape index (κ1) is 13.8. The van der Waals surface area contributed by atoms with Crippen molar-refractivity contribution in [1.82, 2.24) is 0 Å². The standard InChI is InChI=1S/C12H15NO5/c1-5-16-11(14)10-9(7(3)8(4)18-10)13-12(15)17-6-2/h3-6H2,1-2H3,(H,13,15). The van der Waals surface area contributed by atoms with E-state index in [0.29, 0.717) is 5.22 Å². The Morgan fingerprint density at radius 3 is 2.39 bits per heavy atom. The van der Waals surface area contributed by atoms with Crippen LogP contribution in [0.15, 0.2) is 4.42 Å². The van der Waals surface area contributed by atoms with E-state index >= 15 is 0 Å². The number of ether oxygens (including phenoxy) is 2. The van der Waals surface area contributed by atoms with Crippen LogP contribution in [-0.2, 0) is 9.47 Å². The highest BCUT2D eigenvalue weighted by atomic mass is 16.6. The van der Waals surface area contributed by atoms with Crippen LogP contribution in [0.25, 0.3) is 13.2 Å². The molecule has 0 aliphatic rings. The number of amides is 1. The van der Waals surface area contributed by atoms with Gasteiger partial charge in [-0.1, -0.05) is 13.2 Å². The van der Waals surface area contributed by atoms with Crippen molar-refractivity contribution in [2.45, 2.75) is 13.8 Å². The van der Waals surface area contributed by atoms with E-state index in [1.807, 2.05) is 0 Å². The molecule has 0 saturated heterocycles. The summed E-state index contributed by atoms with van der Waals surface area (Å²) in [5.41, 5.74) is 0.307. The quantitative estimate of drug-likeness (QED) is 0.805. The van der Waals surface area contributed by atoms with E-state index in [4.69, 9.17) is 13.9 Å². The normalized spacial score (nSPS) is 9.89. The van der Waals surface area contributed by atoms with Crippen molar-refractivity contribution in [1.29, 1.82) is 0 Å². The molecule has 0 aliphatic heterocycles.